The first-order valence-electron chi connectivity index (χ1n) is 9.53. The van der Waals surface area contributed by atoms with Crippen LogP contribution in [0.15, 0.2) is 59.7 Å². The molecule has 0 spiro atoms. The van der Waals surface area contributed by atoms with Gasteiger partial charge in [0, 0.05) is 6.42 Å². The van der Waals surface area contributed by atoms with Crippen LogP contribution in [-0.4, -0.2) is 46.6 Å². The fraction of sp³-hybridized carbons (Fsp3) is 0.273. The Kier molecular flexibility index (Phi) is 4.66. The SMILES string of the molecule is Cc1ccc(C2(C)NC(=O)N(CC(=O)N3CCC(c4ccccc4)=N3)C2=O)cc1. The molecule has 7 heteroatoms. The summed E-state index contributed by atoms with van der Waals surface area (Å²) in [7, 11) is 0. The summed E-state index contributed by atoms with van der Waals surface area (Å²) < 4.78 is 0. The molecule has 0 aromatic heterocycles. The first-order chi connectivity index (χ1) is 13.9. The standard InChI is InChI=1S/C22H22N4O3/c1-15-8-10-17(11-9-15)22(2)20(28)25(21(29)23-22)14-19(27)26-13-12-18(24-26)16-6-4-3-5-7-16/h3-11H,12-14H2,1-2H3,(H,23,29). The molecule has 148 valence electrons. The Morgan fingerprint density at radius 2 is 1.79 bits per heavy atom. The molecule has 0 aliphatic carbocycles. The lowest BCUT2D eigenvalue weighted by atomic mass is 9.91. The number of carbonyl (C=O) groups is 3. The van der Waals surface area contributed by atoms with Crippen LogP contribution in [0.4, 0.5) is 4.79 Å². The van der Waals surface area contributed by atoms with Gasteiger partial charge in [0.15, 0.2) is 0 Å². The van der Waals surface area contributed by atoms with Gasteiger partial charge in [0.25, 0.3) is 11.8 Å². The number of hydrazone groups is 1. The molecule has 1 unspecified atom stereocenters. The largest absolute Gasteiger partial charge is 0.325 e. The lowest BCUT2D eigenvalue weighted by Crippen LogP contribution is -2.43. The average molecular weight is 390 g/mol. The van der Waals surface area contributed by atoms with Crippen LogP contribution in [0.25, 0.3) is 0 Å². The molecule has 4 amide bonds. The monoisotopic (exact) mass is 390 g/mol. The van der Waals surface area contributed by atoms with E-state index in [9.17, 15) is 14.4 Å². The van der Waals surface area contributed by atoms with Gasteiger partial charge in [-0.05, 0) is 25.0 Å². The second-order valence-corrected chi connectivity index (χ2v) is 7.49. The smallest absolute Gasteiger partial charge is 0.319 e. The summed E-state index contributed by atoms with van der Waals surface area (Å²) in [5, 5.41) is 8.45. The summed E-state index contributed by atoms with van der Waals surface area (Å²) >= 11 is 0. The highest BCUT2D eigenvalue weighted by Crippen LogP contribution is 2.29. The number of amides is 4. The van der Waals surface area contributed by atoms with E-state index < -0.39 is 17.5 Å². The number of benzene rings is 2. The second-order valence-electron chi connectivity index (χ2n) is 7.49. The maximum atomic E-state index is 13.0. The summed E-state index contributed by atoms with van der Waals surface area (Å²) in [5.74, 6) is -0.821. The molecule has 1 N–H and O–H groups in total. The van der Waals surface area contributed by atoms with Gasteiger partial charge in [-0.25, -0.2) is 9.80 Å². The third kappa shape index (κ3) is 3.40. The molecule has 2 heterocycles. The molecule has 0 radical (unpaired) electrons. The highest BCUT2D eigenvalue weighted by molar-refractivity contribution is 6.09. The van der Waals surface area contributed by atoms with Gasteiger partial charge in [-0.2, -0.15) is 5.10 Å². The van der Waals surface area contributed by atoms with Gasteiger partial charge in [-0.15, -0.1) is 0 Å². The quantitative estimate of drug-likeness (QED) is 0.814. The molecule has 29 heavy (non-hydrogen) atoms. The van der Waals surface area contributed by atoms with Crippen LogP contribution in [0.1, 0.15) is 30.0 Å². The predicted molar refractivity (Wildman–Crippen MR) is 108 cm³/mol. The van der Waals surface area contributed by atoms with Crippen molar-refractivity contribution in [3.05, 3.63) is 71.3 Å². The van der Waals surface area contributed by atoms with Gasteiger partial charge in [0.05, 0.1) is 12.3 Å². The lowest BCUT2D eigenvalue weighted by Gasteiger charge is -2.22. The minimum atomic E-state index is -1.19. The topological polar surface area (TPSA) is 82.1 Å². The zero-order valence-corrected chi connectivity index (χ0v) is 16.4. The van der Waals surface area contributed by atoms with Crippen LogP contribution in [0.5, 0.6) is 0 Å². The Hall–Kier alpha value is -3.48. The van der Waals surface area contributed by atoms with Crippen LogP contribution in [0.3, 0.4) is 0 Å². The normalized spacial score (nSPS) is 21.4. The van der Waals surface area contributed by atoms with Gasteiger partial charge < -0.3 is 5.32 Å². The Morgan fingerprint density at radius 1 is 1.10 bits per heavy atom. The van der Waals surface area contributed by atoms with Crippen molar-refractivity contribution in [2.75, 3.05) is 13.1 Å². The molecular formula is C22H22N4O3. The van der Waals surface area contributed by atoms with Crippen LogP contribution in [0, 0.1) is 6.92 Å². The van der Waals surface area contributed by atoms with E-state index >= 15 is 0 Å². The van der Waals surface area contributed by atoms with Crippen LogP contribution < -0.4 is 5.32 Å². The maximum Gasteiger partial charge on any atom is 0.325 e. The van der Waals surface area contributed by atoms with Crippen molar-refractivity contribution in [2.45, 2.75) is 25.8 Å². The minimum absolute atomic E-state index is 0.336. The first-order valence-corrected chi connectivity index (χ1v) is 9.53. The van der Waals surface area contributed by atoms with Crippen molar-refractivity contribution in [3.8, 4) is 0 Å². The molecule has 2 aromatic carbocycles. The number of nitrogens with zero attached hydrogens (tertiary/aromatic N) is 3. The fourth-order valence-electron chi connectivity index (χ4n) is 3.61. The summed E-state index contributed by atoms with van der Waals surface area (Å²) in [6.45, 7) is 3.70. The van der Waals surface area contributed by atoms with Crippen molar-refractivity contribution in [1.82, 2.24) is 15.2 Å². The van der Waals surface area contributed by atoms with Crippen molar-refractivity contribution < 1.29 is 14.4 Å². The number of hydrogen-bond acceptors (Lipinski definition) is 4. The highest BCUT2D eigenvalue weighted by atomic mass is 16.2. The molecule has 0 saturated carbocycles. The third-order valence-corrected chi connectivity index (χ3v) is 5.39. The van der Waals surface area contributed by atoms with Gasteiger partial charge in [-0.3, -0.25) is 14.5 Å². The molecule has 4 rings (SSSR count). The van der Waals surface area contributed by atoms with E-state index in [1.807, 2.05) is 61.5 Å². The van der Waals surface area contributed by atoms with E-state index in [1.54, 1.807) is 6.92 Å². The molecule has 7 nitrogen and oxygen atoms in total. The van der Waals surface area contributed by atoms with Crippen LogP contribution in [-0.2, 0) is 15.1 Å². The highest BCUT2D eigenvalue weighted by Gasteiger charge is 2.49. The number of rotatable bonds is 4. The Morgan fingerprint density at radius 3 is 2.48 bits per heavy atom. The van der Waals surface area contributed by atoms with Crippen LogP contribution >= 0.6 is 0 Å². The van der Waals surface area contributed by atoms with E-state index in [0.29, 0.717) is 18.5 Å². The molecule has 2 aliphatic rings. The molecule has 1 fully saturated rings. The van der Waals surface area contributed by atoms with E-state index in [1.165, 1.54) is 5.01 Å². The van der Waals surface area contributed by atoms with E-state index in [4.69, 9.17) is 0 Å². The van der Waals surface area contributed by atoms with E-state index in [2.05, 4.69) is 10.4 Å². The fourth-order valence-corrected chi connectivity index (χ4v) is 3.61. The first kappa shape index (κ1) is 18.9. The molecular weight excluding hydrogens is 368 g/mol. The van der Waals surface area contributed by atoms with Gasteiger partial charge in [0.2, 0.25) is 0 Å². The number of urea groups is 1. The molecule has 0 bridgehead atoms. The van der Waals surface area contributed by atoms with Gasteiger partial charge >= 0.3 is 6.03 Å². The summed E-state index contributed by atoms with van der Waals surface area (Å²) in [6, 6.07) is 16.5. The summed E-state index contributed by atoms with van der Waals surface area (Å²) in [6.07, 6.45) is 0.636. The van der Waals surface area contributed by atoms with Crippen molar-refractivity contribution in [2.24, 2.45) is 5.10 Å². The molecule has 1 saturated heterocycles. The second kappa shape index (κ2) is 7.16. The number of nitrogens with one attached hydrogen (secondary N) is 1. The number of carbonyl (C=O) groups excluding carboxylic acids is 3. The van der Waals surface area contributed by atoms with Crippen LogP contribution in [0.2, 0.25) is 0 Å². The summed E-state index contributed by atoms with van der Waals surface area (Å²) in [4.78, 5) is 39.1. The summed E-state index contributed by atoms with van der Waals surface area (Å²) in [5.41, 5.74) is 2.34. The van der Waals surface area contributed by atoms with Gasteiger partial charge in [0.1, 0.15) is 12.1 Å². The number of hydrogen-bond donors (Lipinski definition) is 1. The van der Waals surface area contributed by atoms with E-state index in [0.717, 1.165) is 21.7 Å². The van der Waals surface area contributed by atoms with Crippen molar-refractivity contribution >= 4 is 23.6 Å². The Labute approximate surface area is 169 Å². The lowest BCUT2D eigenvalue weighted by molar-refractivity contribution is -0.138. The predicted octanol–water partition coefficient (Wildman–Crippen LogP) is 2.40. The third-order valence-electron chi connectivity index (χ3n) is 5.39. The Balaban J connectivity index is 1.49. The molecule has 1 atom stereocenters. The maximum absolute atomic E-state index is 13.0. The van der Waals surface area contributed by atoms with Crippen molar-refractivity contribution in [3.63, 3.8) is 0 Å². The van der Waals surface area contributed by atoms with Gasteiger partial charge in [-0.1, -0.05) is 60.2 Å². The average Bonchev–Trinajstić information content (AvgIpc) is 3.29. The zero-order chi connectivity index (χ0) is 20.6. The van der Waals surface area contributed by atoms with E-state index in [-0.39, 0.29) is 12.5 Å². The van der Waals surface area contributed by atoms with Crippen molar-refractivity contribution in [1.29, 1.82) is 0 Å². The Bertz CT molecular complexity index is 1000. The molecule has 2 aromatic rings. The number of aryl methyl sites for hydroxylation is 1. The minimum Gasteiger partial charge on any atom is -0.319 e. The zero-order valence-electron chi connectivity index (χ0n) is 16.4. The molecule has 2 aliphatic heterocycles. The number of imide groups is 1.